The fourth-order valence-corrected chi connectivity index (χ4v) is 6.29. The van der Waals surface area contributed by atoms with E-state index in [-0.39, 0.29) is 23.7 Å². The zero-order chi connectivity index (χ0) is 20.0. The van der Waals surface area contributed by atoms with Crippen molar-refractivity contribution in [3.8, 4) is 0 Å². The van der Waals surface area contributed by atoms with Crippen molar-refractivity contribution in [2.24, 2.45) is 11.8 Å². The van der Waals surface area contributed by atoms with Gasteiger partial charge in [-0.1, -0.05) is 18.6 Å². The van der Waals surface area contributed by atoms with Crippen molar-refractivity contribution in [1.29, 1.82) is 0 Å². The zero-order valence-electron chi connectivity index (χ0n) is 16.9. The Bertz CT molecular complexity index is 800. The van der Waals surface area contributed by atoms with Crippen molar-refractivity contribution in [1.82, 2.24) is 15.1 Å². The molecular formula is C23H30FN3O2. The molecule has 1 aromatic carbocycles. The second-order valence-electron chi connectivity index (χ2n) is 9.36. The van der Waals surface area contributed by atoms with E-state index in [2.05, 4.69) is 10.2 Å². The topological polar surface area (TPSA) is 52.7 Å². The summed E-state index contributed by atoms with van der Waals surface area (Å²) >= 11 is 0. The van der Waals surface area contributed by atoms with Crippen LogP contribution in [0.3, 0.4) is 0 Å². The fraction of sp³-hybridized carbons (Fsp3) is 0.652. The summed E-state index contributed by atoms with van der Waals surface area (Å²) in [5, 5.41) is 2.85. The van der Waals surface area contributed by atoms with Gasteiger partial charge < -0.3 is 10.2 Å². The van der Waals surface area contributed by atoms with Crippen LogP contribution in [0.15, 0.2) is 24.3 Å². The molecule has 4 heterocycles. The van der Waals surface area contributed by atoms with Gasteiger partial charge in [0.1, 0.15) is 11.9 Å². The molecule has 4 aliphatic rings. The van der Waals surface area contributed by atoms with Crippen LogP contribution in [0.1, 0.15) is 44.1 Å². The Morgan fingerprint density at radius 2 is 2.03 bits per heavy atom. The minimum atomic E-state index is -0.342. The van der Waals surface area contributed by atoms with Crippen molar-refractivity contribution >= 4 is 11.8 Å². The highest BCUT2D eigenvalue weighted by atomic mass is 19.1. The van der Waals surface area contributed by atoms with Crippen LogP contribution in [0.25, 0.3) is 0 Å². The molecule has 1 aromatic rings. The number of fused-ring (bicyclic) bond motifs is 4. The Kier molecular flexibility index (Phi) is 5.06. The second kappa shape index (κ2) is 7.71. The average molecular weight is 400 g/mol. The maximum atomic E-state index is 13.8. The average Bonchev–Trinajstić information content (AvgIpc) is 3.17. The molecule has 1 N–H and O–H groups in total. The molecule has 5 nitrogen and oxygen atoms in total. The van der Waals surface area contributed by atoms with Gasteiger partial charge in [0.05, 0.1) is 0 Å². The summed E-state index contributed by atoms with van der Waals surface area (Å²) in [6, 6.07) is 7.51. The van der Waals surface area contributed by atoms with Crippen molar-refractivity contribution < 1.29 is 14.0 Å². The molecule has 6 heteroatoms. The number of amides is 2. The quantitative estimate of drug-likeness (QED) is 0.849. The molecule has 0 unspecified atom stereocenters. The number of carbonyl (C=O) groups excluding carboxylic acids is 2. The van der Waals surface area contributed by atoms with Crippen LogP contribution in [0, 0.1) is 17.7 Å². The first-order chi connectivity index (χ1) is 14.1. The van der Waals surface area contributed by atoms with Gasteiger partial charge in [-0.25, -0.2) is 4.39 Å². The van der Waals surface area contributed by atoms with Gasteiger partial charge in [0.2, 0.25) is 11.8 Å². The van der Waals surface area contributed by atoms with Gasteiger partial charge in [0.15, 0.2) is 0 Å². The number of likely N-dealkylation sites (tertiary alicyclic amines) is 1. The van der Waals surface area contributed by atoms with E-state index < -0.39 is 0 Å². The van der Waals surface area contributed by atoms with E-state index in [1.165, 1.54) is 25.3 Å². The van der Waals surface area contributed by atoms with Crippen molar-refractivity contribution in [3.63, 3.8) is 0 Å². The molecule has 5 rings (SSSR count). The van der Waals surface area contributed by atoms with E-state index in [1.54, 1.807) is 12.1 Å². The Morgan fingerprint density at radius 3 is 2.83 bits per heavy atom. The molecule has 0 radical (unpaired) electrons. The molecule has 2 amide bonds. The highest BCUT2D eigenvalue weighted by Gasteiger charge is 2.48. The van der Waals surface area contributed by atoms with E-state index in [0.29, 0.717) is 36.8 Å². The molecule has 4 fully saturated rings. The largest absolute Gasteiger partial charge is 0.344 e. The van der Waals surface area contributed by atoms with Crippen LogP contribution in [0.4, 0.5) is 4.39 Å². The Morgan fingerprint density at radius 1 is 1.17 bits per heavy atom. The first kappa shape index (κ1) is 19.0. The summed E-state index contributed by atoms with van der Waals surface area (Å²) < 4.78 is 13.8. The summed E-state index contributed by atoms with van der Waals surface area (Å²) in [5.41, 5.74) is 1.05. The summed E-state index contributed by atoms with van der Waals surface area (Å²) in [6.45, 7) is 2.69. The highest BCUT2D eigenvalue weighted by Crippen LogP contribution is 2.42. The van der Waals surface area contributed by atoms with E-state index in [0.717, 1.165) is 38.0 Å². The van der Waals surface area contributed by atoms with Crippen LogP contribution in [-0.4, -0.2) is 59.4 Å². The van der Waals surface area contributed by atoms with Crippen LogP contribution in [0.5, 0.6) is 0 Å². The number of benzene rings is 1. The molecule has 156 valence electrons. The lowest BCUT2D eigenvalue weighted by Crippen LogP contribution is -2.65. The van der Waals surface area contributed by atoms with Gasteiger partial charge in [-0.05, 0) is 68.2 Å². The molecule has 4 aliphatic heterocycles. The normalized spacial score (nSPS) is 34.6. The molecule has 2 bridgehead atoms. The van der Waals surface area contributed by atoms with Crippen LogP contribution >= 0.6 is 0 Å². The fourth-order valence-electron chi connectivity index (χ4n) is 6.29. The van der Waals surface area contributed by atoms with Gasteiger partial charge >= 0.3 is 0 Å². The number of rotatable bonds is 3. The molecule has 29 heavy (non-hydrogen) atoms. The third-order valence-electron chi connectivity index (χ3n) is 7.56. The van der Waals surface area contributed by atoms with Crippen molar-refractivity contribution in [2.45, 2.75) is 63.1 Å². The van der Waals surface area contributed by atoms with Crippen LogP contribution < -0.4 is 5.32 Å². The predicted molar refractivity (Wildman–Crippen MR) is 108 cm³/mol. The number of nitrogens with zero attached hydrogens (tertiary/aromatic N) is 2. The molecule has 0 aromatic heterocycles. The van der Waals surface area contributed by atoms with Gasteiger partial charge in [-0.15, -0.1) is 0 Å². The molecule has 0 spiro atoms. The van der Waals surface area contributed by atoms with E-state index in [1.807, 2.05) is 11.0 Å². The summed E-state index contributed by atoms with van der Waals surface area (Å²) in [4.78, 5) is 29.4. The van der Waals surface area contributed by atoms with Crippen molar-refractivity contribution in [3.05, 3.63) is 35.6 Å². The second-order valence-corrected chi connectivity index (χ2v) is 9.36. The van der Waals surface area contributed by atoms with Gasteiger partial charge in [0.25, 0.3) is 0 Å². The van der Waals surface area contributed by atoms with Gasteiger partial charge in [-0.2, -0.15) is 0 Å². The predicted octanol–water partition coefficient (Wildman–Crippen LogP) is 2.35. The maximum absolute atomic E-state index is 13.8. The standard InChI is InChI=1S/C23H30FN3O2/c24-18-5-3-4-15(10-18)11-21-17-12-16(20-6-1-2-9-27(20)21)13-26(14-17)23(29)19-7-8-22(28)25-19/h3-5,10,16-17,19-21H,1-2,6-9,11-14H2,(H,25,28)/t16-,17+,19-,20+,21+/m1/s1. The van der Waals surface area contributed by atoms with E-state index in [9.17, 15) is 14.0 Å². The summed E-state index contributed by atoms with van der Waals surface area (Å²) in [7, 11) is 0. The Labute approximate surface area is 171 Å². The minimum absolute atomic E-state index is 0.0111. The lowest BCUT2D eigenvalue weighted by atomic mass is 9.71. The summed E-state index contributed by atoms with van der Waals surface area (Å²) in [5.74, 6) is 0.831. The molecule has 5 atom stereocenters. The lowest BCUT2D eigenvalue weighted by molar-refractivity contribution is -0.143. The van der Waals surface area contributed by atoms with Gasteiger partial charge in [-0.3, -0.25) is 14.5 Å². The highest BCUT2D eigenvalue weighted by molar-refractivity contribution is 5.90. The number of carbonyl (C=O) groups is 2. The first-order valence-corrected chi connectivity index (χ1v) is 11.2. The first-order valence-electron chi connectivity index (χ1n) is 11.2. The Hall–Kier alpha value is -1.95. The van der Waals surface area contributed by atoms with Crippen molar-refractivity contribution in [2.75, 3.05) is 19.6 Å². The van der Waals surface area contributed by atoms with Gasteiger partial charge in [0, 0.05) is 31.6 Å². The molecule has 4 saturated heterocycles. The van der Waals surface area contributed by atoms with E-state index >= 15 is 0 Å². The Balaban J connectivity index is 1.38. The SMILES string of the molecule is O=C1CC[C@H](C(=O)N2C[C@H]3C[C@@H](C2)[C@H](Cc2cccc(F)c2)N2CCCC[C@@H]32)N1. The number of nitrogens with one attached hydrogen (secondary N) is 1. The minimum Gasteiger partial charge on any atom is -0.344 e. The number of hydrogen-bond donors (Lipinski definition) is 1. The zero-order valence-corrected chi connectivity index (χ0v) is 16.9. The summed E-state index contributed by atoms with van der Waals surface area (Å²) in [6.07, 6.45) is 6.74. The number of hydrogen-bond acceptors (Lipinski definition) is 3. The smallest absolute Gasteiger partial charge is 0.245 e. The molecular weight excluding hydrogens is 369 g/mol. The third-order valence-corrected chi connectivity index (χ3v) is 7.56. The maximum Gasteiger partial charge on any atom is 0.245 e. The van der Waals surface area contributed by atoms with Crippen LogP contribution in [-0.2, 0) is 16.0 Å². The van der Waals surface area contributed by atoms with Crippen LogP contribution in [0.2, 0.25) is 0 Å². The third kappa shape index (κ3) is 3.67. The van der Waals surface area contributed by atoms with E-state index in [4.69, 9.17) is 0 Å². The monoisotopic (exact) mass is 399 g/mol. The molecule has 0 aliphatic carbocycles. The lowest BCUT2D eigenvalue weighted by Gasteiger charge is -2.57. The molecule has 0 saturated carbocycles. The number of halogens is 1. The number of piperidine rings is 3.